The number of ketones is 2. The van der Waals surface area contributed by atoms with Crippen molar-refractivity contribution in [3.8, 4) is 5.88 Å². The van der Waals surface area contributed by atoms with E-state index in [9.17, 15) is 9.59 Å². The highest BCUT2D eigenvalue weighted by Gasteiger charge is 2.17. The van der Waals surface area contributed by atoms with Crippen LogP contribution in [0.25, 0.3) is 0 Å². The number of carbonyl (C=O) groups is 2. The maximum Gasteiger partial charge on any atom is 0.224 e. The lowest BCUT2D eigenvalue weighted by molar-refractivity contribution is 0.0892. The Kier molecular flexibility index (Phi) is 4.03. The molecule has 0 spiro atoms. The molecule has 0 saturated carbocycles. The molecule has 0 fully saturated rings. The van der Waals surface area contributed by atoms with Gasteiger partial charge in [0.1, 0.15) is 0 Å². The van der Waals surface area contributed by atoms with Gasteiger partial charge in [-0.3, -0.25) is 9.59 Å². The third kappa shape index (κ3) is 3.04. The van der Waals surface area contributed by atoms with Crippen molar-refractivity contribution >= 4 is 11.6 Å². The number of benzene rings is 1. The second-order valence-electron chi connectivity index (χ2n) is 3.95. The quantitative estimate of drug-likeness (QED) is 0.608. The Bertz CT molecular complexity index is 593. The smallest absolute Gasteiger partial charge is 0.224 e. The van der Waals surface area contributed by atoms with E-state index in [1.54, 1.807) is 36.4 Å². The van der Waals surface area contributed by atoms with E-state index < -0.39 is 0 Å². The van der Waals surface area contributed by atoms with E-state index >= 15 is 0 Å². The molecule has 1 heterocycles. The normalized spacial score (nSPS) is 9.95. The van der Waals surface area contributed by atoms with Crippen molar-refractivity contribution in [2.45, 2.75) is 6.42 Å². The fourth-order valence-corrected chi connectivity index (χ4v) is 1.73. The summed E-state index contributed by atoms with van der Waals surface area (Å²) in [6.07, 6.45) is 1.35. The Morgan fingerprint density at radius 1 is 1.05 bits per heavy atom. The van der Waals surface area contributed by atoms with E-state index in [-0.39, 0.29) is 23.9 Å². The fourth-order valence-electron chi connectivity index (χ4n) is 1.73. The Hall–Kier alpha value is -2.49. The lowest BCUT2D eigenvalue weighted by Gasteiger charge is -2.05. The van der Waals surface area contributed by atoms with Gasteiger partial charge in [-0.2, -0.15) is 0 Å². The summed E-state index contributed by atoms with van der Waals surface area (Å²) < 4.78 is 5.01. The van der Waals surface area contributed by atoms with E-state index in [1.165, 1.54) is 13.3 Å². The molecule has 4 nitrogen and oxygen atoms in total. The van der Waals surface area contributed by atoms with Crippen molar-refractivity contribution in [1.82, 2.24) is 4.98 Å². The summed E-state index contributed by atoms with van der Waals surface area (Å²) in [6.45, 7) is 0. The molecule has 0 aliphatic rings. The lowest BCUT2D eigenvalue weighted by atomic mass is 10.0. The molecule has 1 aromatic heterocycles. The Morgan fingerprint density at radius 3 is 2.47 bits per heavy atom. The first-order valence-electron chi connectivity index (χ1n) is 5.83. The summed E-state index contributed by atoms with van der Waals surface area (Å²) >= 11 is 0. The van der Waals surface area contributed by atoms with Crippen LogP contribution >= 0.6 is 0 Å². The predicted molar refractivity (Wildman–Crippen MR) is 70.5 cm³/mol. The summed E-state index contributed by atoms with van der Waals surface area (Å²) in [5.74, 6) is -0.260. The first-order valence-corrected chi connectivity index (χ1v) is 5.83. The van der Waals surface area contributed by atoms with Gasteiger partial charge in [0.15, 0.2) is 11.6 Å². The molecule has 2 aromatic rings. The molecule has 1 aromatic carbocycles. The minimum Gasteiger partial charge on any atom is -0.480 e. The van der Waals surface area contributed by atoms with E-state index in [1.807, 2.05) is 6.07 Å². The highest BCUT2D eigenvalue weighted by atomic mass is 16.5. The second kappa shape index (κ2) is 5.91. The Balaban J connectivity index is 2.16. The van der Waals surface area contributed by atoms with E-state index in [0.717, 1.165) is 0 Å². The lowest BCUT2D eigenvalue weighted by Crippen LogP contribution is -2.10. The molecule has 19 heavy (non-hydrogen) atoms. The zero-order valence-corrected chi connectivity index (χ0v) is 10.5. The molecule has 4 heteroatoms. The monoisotopic (exact) mass is 255 g/mol. The first-order chi connectivity index (χ1) is 9.22. The van der Waals surface area contributed by atoms with Crippen LogP contribution in [-0.2, 0) is 0 Å². The molecule has 0 N–H and O–H groups in total. The number of methoxy groups -OCH3 is 1. The number of aromatic nitrogens is 1. The minimum absolute atomic E-state index is 0.188. The summed E-state index contributed by atoms with van der Waals surface area (Å²) in [4.78, 5) is 28.0. The highest BCUT2D eigenvalue weighted by molar-refractivity contribution is 6.14. The second-order valence-corrected chi connectivity index (χ2v) is 3.95. The van der Waals surface area contributed by atoms with Gasteiger partial charge >= 0.3 is 0 Å². The van der Waals surface area contributed by atoms with Gasteiger partial charge < -0.3 is 4.74 Å². The summed E-state index contributed by atoms with van der Waals surface area (Å²) in [5, 5.41) is 0. The molecule has 0 aliphatic heterocycles. The van der Waals surface area contributed by atoms with Crippen LogP contribution in [0.4, 0.5) is 0 Å². The van der Waals surface area contributed by atoms with Crippen LogP contribution in [0, 0.1) is 0 Å². The summed E-state index contributed by atoms with van der Waals surface area (Å²) in [7, 11) is 1.44. The van der Waals surface area contributed by atoms with Gasteiger partial charge in [-0.1, -0.05) is 30.3 Å². The van der Waals surface area contributed by atoms with Crippen molar-refractivity contribution < 1.29 is 14.3 Å². The maximum atomic E-state index is 12.1. The fraction of sp³-hybridized carbons (Fsp3) is 0.133. The molecule has 0 amide bonds. The highest BCUT2D eigenvalue weighted by Crippen LogP contribution is 2.17. The number of hydrogen-bond acceptors (Lipinski definition) is 4. The largest absolute Gasteiger partial charge is 0.480 e. The first kappa shape index (κ1) is 13.0. The number of rotatable bonds is 5. The van der Waals surface area contributed by atoms with Gasteiger partial charge in [0.25, 0.3) is 0 Å². The maximum absolute atomic E-state index is 12.1. The Morgan fingerprint density at radius 2 is 1.79 bits per heavy atom. The van der Waals surface area contributed by atoms with Crippen LogP contribution in [0.5, 0.6) is 5.88 Å². The van der Waals surface area contributed by atoms with Gasteiger partial charge in [-0.05, 0) is 12.1 Å². The number of Topliss-reactive ketones (excluding diaryl/α,β-unsaturated/α-hetero) is 2. The van der Waals surface area contributed by atoms with E-state index in [4.69, 9.17) is 4.74 Å². The molecular weight excluding hydrogens is 242 g/mol. The average Bonchev–Trinajstić information content (AvgIpc) is 2.48. The zero-order valence-electron chi connectivity index (χ0n) is 10.5. The number of pyridine rings is 1. The van der Waals surface area contributed by atoms with Crippen molar-refractivity contribution in [1.29, 1.82) is 0 Å². The van der Waals surface area contributed by atoms with E-state index in [2.05, 4.69) is 4.98 Å². The Labute approximate surface area is 111 Å². The van der Waals surface area contributed by atoms with Crippen molar-refractivity contribution in [2.75, 3.05) is 7.11 Å². The third-order valence-corrected chi connectivity index (χ3v) is 2.68. The topological polar surface area (TPSA) is 56.3 Å². The average molecular weight is 255 g/mol. The molecule has 0 unspecified atom stereocenters. The van der Waals surface area contributed by atoms with Crippen molar-refractivity contribution in [3.05, 3.63) is 59.8 Å². The van der Waals surface area contributed by atoms with Crippen LogP contribution in [0.1, 0.15) is 27.1 Å². The number of carbonyl (C=O) groups excluding carboxylic acids is 2. The van der Waals surface area contributed by atoms with Gasteiger partial charge in [-0.25, -0.2) is 4.98 Å². The molecule has 2 rings (SSSR count). The van der Waals surface area contributed by atoms with Crippen LogP contribution in [0.3, 0.4) is 0 Å². The van der Waals surface area contributed by atoms with Gasteiger partial charge in [0.05, 0.1) is 19.1 Å². The molecule has 0 bridgehead atoms. The van der Waals surface area contributed by atoms with E-state index in [0.29, 0.717) is 11.1 Å². The van der Waals surface area contributed by atoms with Crippen LogP contribution < -0.4 is 4.74 Å². The molecule has 0 atom stereocenters. The molecular formula is C15H13NO3. The van der Waals surface area contributed by atoms with Crippen LogP contribution in [-0.4, -0.2) is 23.7 Å². The van der Waals surface area contributed by atoms with Gasteiger partial charge in [-0.15, -0.1) is 0 Å². The van der Waals surface area contributed by atoms with Gasteiger partial charge in [0, 0.05) is 11.8 Å². The predicted octanol–water partition coefficient (Wildman–Crippen LogP) is 2.55. The minimum atomic E-state index is -0.293. The molecule has 96 valence electrons. The van der Waals surface area contributed by atoms with Crippen LogP contribution in [0.2, 0.25) is 0 Å². The third-order valence-electron chi connectivity index (χ3n) is 2.68. The standard InChI is InChI=1S/C15H13NO3/c1-19-15-12(8-5-9-16-15)14(18)10-13(17)11-6-3-2-4-7-11/h2-9H,10H2,1H3. The SMILES string of the molecule is COc1ncccc1C(=O)CC(=O)c1ccccc1. The van der Waals surface area contributed by atoms with Crippen LogP contribution in [0.15, 0.2) is 48.7 Å². The number of nitrogens with zero attached hydrogens (tertiary/aromatic N) is 1. The molecule has 0 aliphatic carbocycles. The van der Waals surface area contributed by atoms with Gasteiger partial charge in [0.2, 0.25) is 5.88 Å². The summed E-state index contributed by atoms with van der Waals surface area (Å²) in [6, 6.07) is 12.0. The molecule has 0 saturated heterocycles. The zero-order chi connectivity index (χ0) is 13.7. The summed E-state index contributed by atoms with van der Waals surface area (Å²) in [5.41, 5.74) is 0.855. The van der Waals surface area contributed by atoms with Crippen molar-refractivity contribution in [3.63, 3.8) is 0 Å². The number of ether oxygens (including phenoxy) is 1. The molecule has 0 radical (unpaired) electrons. The number of hydrogen-bond donors (Lipinski definition) is 0. The van der Waals surface area contributed by atoms with Crippen molar-refractivity contribution in [2.24, 2.45) is 0 Å².